The van der Waals surface area contributed by atoms with Crippen molar-refractivity contribution in [3.63, 3.8) is 0 Å². The molecule has 2 N–H and O–H groups in total. The molecule has 21 heavy (non-hydrogen) atoms. The van der Waals surface area contributed by atoms with Gasteiger partial charge in [0.2, 0.25) is 0 Å². The zero-order chi connectivity index (χ0) is 14.7. The fourth-order valence-corrected chi connectivity index (χ4v) is 3.19. The third-order valence-electron chi connectivity index (χ3n) is 3.32. The third-order valence-corrected chi connectivity index (χ3v) is 4.42. The Morgan fingerprint density at radius 3 is 3.00 bits per heavy atom. The van der Waals surface area contributed by atoms with Crippen molar-refractivity contribution in [3.8, 4) is 0 Å². The fourth-order valence-electron chi connectivity index (χ4n) is 2.14. The molecular weight excluding hydrogens is 284 g/mol. The van der Waals surface area contributed by atoms with Crippen LogP contribution in [-0.2, 0) is 11.2 Å². The maximum atomic E-state index is 12.3. The molecule has 0 saturated carbocycles. The Bertz CT molecular complexity index is 665. The summed E-state index contributed by atoms with van der Waals surface area (Å²) in [4.78, 5) is 16.8. The molecule has 5 nitrogen and oxygen atoms in total. The highest BCUT2D eigenvalue weighted by Crippen LogP contribution is 2.24. The molecule has 0 aliphatic carbocycles. The van der Waals surface area contributed by atoms with E-state index in [4.69, 9.17) is 0 Å². The van der Waals surface area contributed by atoms with E-state index in [1.807, 2.05) is 37.3 Å². The summed E-state index contributed by atoms with van der Waals surface area (Å²) in [6.07, 6.45) is 2.56. The number of aromatic nitrogens is 2. The molecule has 1 aliphatic heterocycles. The number of H-pyrrole nitrogens is 1. The number of anilines is 1. The van der Waals surface area contributed by atoms with Gasteiger partial charge in [-0.2, -0.15) is 5.10 Å². The fraction of sp³-hybridized carbons (Fsp3) is 0.267. The summed E-state index contributed by atoms with van der Waals surface area (Å²) in [5.74, 6) is 1.26. The van der Waals surface area contributed by atoms with Gasteiger partial charge in [-0.3, -0.25) is 14.9 Å². The van der Waals surface area contributed by atoms with Crippen molar-refractivity contribution in [1.82, 2.24) is 10.2 Å². The molecule has 3 rings (SSSR count). The normalized spacial score (nSPS) is 17.6. The molecule has 108 valence electrons. The van der Waals surface area contributed by atoms with Gasteiger partial charge in [0.05, 0.1) is 11.2 Å². The molecule has 0 radical (unpaired) electrons. The molecule has 6 heteroatoms. The highest BCUT2D eigenvalue weighted by Gasteiger charge is 2.26. The third kappa shape index (κ3) is 3.00. The molecule has 1 aromatic heterocycles. The summed E-state index contributed by atoms with van der Waals surface area (Å²) < 4.78 is 0. The number of rotatable bonds is 4. The second-order valence-electron chi connectivity index (χ2n) is 4.74. The Kier molecular flexibility index (Phi) is 4.06. The zero-order valence-corrected chi connectivity index (χ0v) is 12.5. The van der Waals surface area contributed by atoms with Crippen LogP contribution in [0.3, 0.4) is 0 Å². The van der Waals surface area contributed by atoms with Crippen LogP contribution in [0.4, 0.5) is 5.82 Å². The molecular formula is C15H16N4OS. The molecule has 0 fully saturated rings. The van der Waals surface area contributed by atoms with Crippen LogP contribution in [0, 0.1) is 0 Å². The number of hydrogen-bond donors (Lipinski definition) is 2. The van der Waals surface area contributed by atoms with Crippen LogP contribution in [0.1, 0.15) is 18.1 Å². The highest BCUT2D eigenvalue weighted by atomic mass is 32.2. The minimum Gasteiger partial charge on any atom is -0.309 e. The molecule has 2 heterocycles. The Hall–Kier alpha value is -2.08. The highest BCUT2D eigenvalue weighted by molar-refractivity contribution is 8.14. The van der Waals surface area contributed by atoms with Crippen molar-refractivity contribution >= 4 is 28.5 Å². The summed E-state index contributed by atoms with van der Waals surface area (Å²) >= 11 is 1.62. The van der Waals surface area contributed by atoms with Crippen LogP contribution in [0.25, 0.3) is 0 Å². The minimum atomic E-state index is -0.349. The number of hydrogen-bond acceptors (Lipinski definition) is 4. The van der Waals surface area contributed by atoms with Crippen molar-refractivity contribution in [2.24, 2.45) is 4.99 Å². The molecule has 1 amide bonds. The van der Waals surface area contributed by atoms with Gasteiger partial charge in [0.25, 0.3) is 5.91 Å². The van der Waals surface area contributed by atoms with E-state index in [1.165, 1.54) is 0 Å². The van der Waals surface area contributed by atoms with Crippen molar-refractivity contribution in [3.05, 3.63) is 47.7 Å². The predicted octanol–water partition coefficient (Wildman–Crippen LogP) is 2.47. The van der Waals surface area contributed by atoms with Gasteiger partial charge in [0.1, 0.15) is 11.9 Å². The minimum absolute atomic E-state index is 0.0904. The van der Waals surface area contributed by atoms with E-state index in [0.29, 0.717) is 11.6 Å². The molecule has 0 saturated heterocycles. The number of aromatic amines is 1. The van der Waals surface area contributed by atoms with Crippen molar-refractivity contribution in [1.29, 1.82) is 0 Å². The van der Waals surface area contributed by atoms with Crippen LogP contribution in [0.15, 0.2) is 41.5 Å². The standard InChI is InChI=1S/C15H16N4OS/c1-2-10-8-16-19-13(10)18-14(20)12-9-21-15(17-12)11-6-4-3-5-7-11/h3-8,12H,2,9H2,1H3,(H2,16,18,19,20). The Labute approximate surface area is 127 Å². The lowest BCUT2D eigenvalue weighted by molar-refractivity contribution is -0.116. The molecule has 1 atom stereocenters. The largest absolute Gasteiger partial charge is 0.309 e. The topological polar surface area (TPSA) is 70.1 Å². The number of thioether (sulfide) groups is 1. The molecule has 2 aromatic rings. The summed E-state index contributed by atoms with van der Waals surface area (Å²) in [5.41, 5.74) is 2.06. The van der Waals surface area contributed by atoms with Crippen LogP contribution < -0.4 is 5.32 Å². The van der Waals surface area contributed by atoms with Gasteiger partial charge in [-0.25, -0.2) is 0 Å². The first-order valence-corrected chi connectivity index (χ1v) is 7.85. The van der Waals surface area contributed by atoms with Gasteiger partial charge in [-0.05, 0) is 6.42 Å². The number of aryl methyl sites for hydroxylation is 1. The van der Waals surface area contributed by atoms with Crippen LogP contribution in [0.5, 0.6) is 0 Å². The van der Waals surface area contributed by atoms with Crippen molar-refractivity contribution in [2.75, 3.05) is 11.1 Å². The van der Waals surface area contributed by atoms with Gasteiger partial charge < -0.3 is 5.32 Å². The number of nitrogens with one attached hydrogen (secondary N) is 2. The zero-order valence-electron chi connectivity index (χ0n) is 11.7. The molecule has 0 spiro atoms. The van der Waals surface area contributed by atoms with Gasteiger partial charge in [0, 0.05) is 16.9 Å². The lowest BCUT2D eigenvalue weighted by atomic mass is 10.2. The van der Waals surface area contributed by atoms with Gasteiger partial charge in [0.15, 0.2) is 0 Å². The maximum absolute atomic E-state index is 12.3. The summed E-state index contributed by atoms with van der Waals surface area (Å²) in [6.45, 7) is 2.03. The van der Waals surface area contributed by atoms with Crippen molar-refractivity contribution in [2.45, 2.75) is 19.4 Å². The Morgan fingerprint density at radius 2 is 2.24 bits per heavy atom. The quantitative estimate of drug-likeness (QED) is 0.911. The first-order chi connectivity index (χ1) is 10.3. The van der Waals surface area contributed by atoms with Gasteiger partial charge >= 0.3 is 0 Å². The Morgan fingerprint density at radius 1 is 1.43 bits per heavy atom. The molecule has 1 aromatic carbocycles. The smallest absolute Gasteiger partial charge is 0.251 e. The predicted molar refractivity (Wildman–Crippen MR) is 85.8 cm³/mol. The van der Waals surface area contributed by atoms with E-state index in [9.17, 15) is 4.79 Å². The first kappa shape index (κ1) is 13.9. The van der Waals surface area contributed by atoms with Crippen LogP contribution >= 0.6 is 11.8 Å². The Balaban J connectivity index is 1.71. The summed E-state index contributed by atoms with van der Waals surface area (Å²) in [7, 11) is 0. The average Bonchev–Trinajstić information content (AvgIpc) is 3.17. The SMILES string of the molecule is CCc1cn[nH]c1NC(=O)C1CSC(c2ccccc2)=N1. The van der Waals surface area contributed by atoms with E-state index in [1.54, 1.807) is 18.0 Å². The number of nitrogens with zero attached hydrogens (tertiary/aromatic N) is 2. The second-order valence-corrected chi connectivity index (χ2v) is 5.75. The van der Waals surface area contributed by atoms with E-state index in [-0.39, 0.29) is 11.9 Å². The lowest BCUT2D eigenvalue weighted by Gasteiger charge is -2.07. The summed E-state index contributed by atoms with van der Waals surface area (Å²) in [5, 5.41) is 10.6. The monoisotopic (exact) mass is 300 g/mol. The molecule has 1 aliphatic rings. The number of carbonyl (C=O) groups excluding carboxylic acids is 1. The molecule has 1 unspecified atom stereocenters. The van der Waals surface area contributed by atoms with E-state index < -0.39 is 0 Å². The maximum Gasteiger partial charge on any atom is 0.251 e. The van der Waals surface area contributed by atoms with Crippen LogP contribution in [0.2, 0.25) is 0 Å². The number of carbonyl (C=O) groups is 1. The number of amides is 1. The molecule has 0 bridgehead atoms. The van der Waals surface area contributed by atoms with Crippen molar-refractivity contribution < 1.29 is 4.79 Å². The summed E-state index contributed by atoms with van der Waals surface area (Å²) in [6, 6.07) is 9.59. The van der Waals surface area contributed by atoms with E-state index in [2.05, 4.69) is 20.5 Å². The van der Waals surface area contributed by atoms with E-state index in [0.717, 1.165) is 22.6 Å². The second kappa shape index (κ2) is 6.13. The first-order valence-electron chi connectivity index (χ1n) is 6.87. The van der Waals surface area contributed by atoms with Gasteiger partial charge in [-0.1, -0.05) is 37.3 Å². The number of benzene rings is 1. The number of aliphatic imine (C=N–C) groups is 1. The van der Waals surface area contributed by atoms with Gasteiger partial charge in [-0.15, -0.1) is 11.8 Å². The van der Waals surface area contributed by atoms with Crippen LogP contribution in [-0.4, -0.2) is 32.9 Å². The lowest BCUT2D eigenvalue weighted by Crippen LogP contribution is -2.27. The average molecular weight is 300 g/mol. The van der Waals surface area contributed by atoms with E-state index >= 15 is 0 Å².